The number of ether oxygens (including phenoxy) is 1. The number of aromatic amines is 1. The molecule has 0 aliphatic carbocycles. The number of hydrogen-bond acceptors (Lipinski definition) is 5. The minimum absolute atomic E-state index is 0.0462. The predicted molar refractivity (Wildman–Crippen MR) is 102 cm³/mol. The molecule has 0 aromatic carbocycles. The van der Waals surface area contributed by atoms with Crippen LogP contribution < -0.4 is 10.6 Å². The van der Waals surface area contributed by atoms with Crippen LogP contribution in [0.25, 0.3) is 22.2 Å². The maximum atomic E-state index is 12.2. The van der Waals surface area contributed by atoms with Crippen LogP contribution in [0.2, 0.25) is 0 Å². The highest BCUT2D eigenvalue weighted by Gasteiger charge is 2.23. The molecule has 8 nitrogen and oxygen atoms in total. The molecule has 4 rings (SSSR count). The number of carbonyl (C=O) groups is 1. The molecule has 2 atom stereocenters. The zero-order valence-corrected chi connectivity index (χ0v) is 15.3. The summed E-state index contributed by atoms with van der Waals surface area (Å²) in [5.74, 6) is 0.821. The summed E-state index contributed by atoms with van der Waals surface area (Å²) in [6, 6.07) is 5.44. The lowest BCUT2D eigenvalue weighted by Crippen LogP contribution is -2.41. The van der Waals surface area contributed by atoms with Crippen molar-refractivity contribution in [3.05, 3.63) is 36.3 Å². The minimum Gasteiger partial charge on any atom is -0.381 e. The Balaban J connectivity index is 1.48. The first kappa shape index (κ1) is 17.4. The molecule has 1 aliphatic rings. The average molecular weight is 366 g/mol. The van der Waals surface area contributed by atoms with Crippen molar-refractivity contribution in [3.63, 3.8) is 0 Å². The van der Waals surface area contributed by atoms with Gasteiger partial charge in [-0.2, -0.15) is 5.10 Å². The van der Waals surface area contributed by atoms with Crippen LogP contribution >= 0.6 is 0 Å². The van der Waals surface area contributed by atoms with Gasteiger partial charge < -0.3 is 10.1 Å². The smallest absolute Gasteiger partial charge is 0.320 e. The number of carbonyl (C=O) groups excluding carboxylic acids is 1. The van der Waals surface area contributed by atoms with Gasteiger partial charge in [-0.25, -0.2) is 9.78 Å². The van der Waals surface area contributed by atoms with Crippen molar-refractivity contribution in [2.45, 2.75) is 26.3 Å². The van der Waals surface area contributed by atoms with E-state index in [4.69, 9.17) is 4.74 Å². The number of aryl methyl sites for hydroxylation is 1. The van der Waals surface area contributed by atoms with E-state index in [1.807, 2.05) is 26.0 Å². The summed E-state index contributed by atoms with van der Waals surface area (Å²) < 4.78 is 5.37. The molecule has 3 N–H and O–H groups in total. The van der Waals surface area contributed by atoms with Crippen LogP contribution in [0.1, 0.15) is 19.0 Å². The second kappa shape index (κ2) is 7.32. The number of urea groups is 1. The molecule has 0 bridgehead atoms. The fourth-order valence-electron chi connectivity index (χ4n) is 3.32. The summed E-state index contributed by atoms with van der Waals surface area (Å²) in [6.07, 6.45) is 4.44. The van der Waals surface area contributed by atoms with Crippen LogP contribution in [0.5, 0.6) is 0 Å². The van der Waals surface area contributed by atoms with E-state index < -0.39 is 0 Å². The number of anilines is 1. The third-order valence-electron chi connectivity index (χ3n) is 4.89. The van der Waals surface area contributed by atoms with Gasteiger partial charge in [-0.3, -0.25) is 15.4 Å². The molecule has 27 heavy (non-hydrogen) atoms. The molecule has 140 valence electrons. The van der Waals surface area contributed by atoms with Crippen molar-refractivity contribution in [1.29, 1.82) is 0 Å². The lowest BCUT2D eigenvalue weighted by molar-refractivity contribution is 0.178. The van der Waals surface area contributed by atoms with Gasteiger partial charge in [-0.1, -0.05) is 0 Å². The molecular weight excluding hydrogens is 344 g/mol. The average Bonchev–Trinajstić information content (AvgIpc) is 3.31. The molecule has 1 aliphatic heterocycles. The number of pyridine rings is 2. The van der Waals surface area contributed by atoms with E-state index in [-0.39, 0.29) is 12.1 Å². The van der Waals surface area contributed by atoms with Gasteiger partial charge in [0.15, 0.2) is 0 Å². The summed E-state index contributed by atoms with van der Waals surface area (Å²) in [7, 11) is 0. The van der Waals surface area contributed by atoms with Gasteiger partial charge in [0, 0.05) is 53.7 Å². The summed E-state index contributed by atoms with van der Waals surface area (Å²) in [5, 5.41) is 14.0. The highest BCUT2D eigenvalue weighted by atomic mass is 16.5. The van der Waals surface area contributed by atoms with Gasteiger partial charge in [0.2, 0.25) is 0 Å². The molecule has 0 spiro atoms. The Morgan fingerprint density at radius 3 is 3.04 bits per heavy atom. The van der Waals surface area contributed by atoms with Crippen molar-refractivity contribution in [2.24, 2.45) is 5.92 Å². The summed E-state index contributed by atoms with van der Waals surface area (Å²) in [4.78, 5) is 20.8. The Kier molecular flexibility index (Phi) is 4.72. The summed E-state index contributed by atoms with van der Waals surface area (Å²) in [5.41, 5.74) is 3.52. The van der Waals surface area contributed by atoms with Crippen LogP contribution in [0.4, 0.5) is 10.6 Å². The molecule has 0 radical (unpaired) electrons. The number of aromatic nitrogens is 4. The molecule has 3 aromatic heterocycles. The van der Waals surface area contributed by atoms with Crippen LogP contribution in [-0.2, 0) is 4.74 Å². The lowest BCUT2D eigenvalue weighted by atomic mass is 10.0. The van der Waals surface area contributed by atoms with Crippen LogP contribution in [0.3, 0.4) is 0 Å². The number of H-pyrrole nitrogens is 1. The molecule has 2 unspecified atom stereocenters. The molecule has 4 heterocycles. The molecule has 8 heteroatoms. The van der Waals surface area contributed by atoms with Gasteiger partial charge in [0.25, 0.3) is 0 Å². The normalized spacial score (nSPS) is 17.8. The molecule has 1 fully saturated rings. The van der Waals surface area contributed by atoms with Gasteiger partial charge in [-0.15, -0.1) is 0 Å². The Hall–Kier alpha value is -3.00. The number of nitrogens with one attached hydrogen (secondary N) is 3. The fraction of sp³-hybridized carbons (Fsp3) is 0.368. The Bertz CT molecular complexity index is 964. The maximum Gasteiger partial charge on any atom is 0.320 e. The Morgan fingerprint density at radius 2 is 2.26 bits per heavy atom. The largest absolute Gasteiger partial charge is 0.381 e. The van der Waals surface area contributed by atoms with E-state index in [1.54, 1.807) is 18.5 Å². The molecule has 1 saturated heterocycles. The van der Waals surface area contributed by atoms with Crippen LogP contribution in [0.15, 0.2) is 30.6 Å². The van der Waals surface area contributed by atoms with E-state index in [0.29, 0.717) is 18.3 Å². The molecule has 2 amide bonds. The highest BCUT2D eigenvalue weighted by Crippen LogP contribution is 2.27. The maximum absolute atomic E-state index is 12.2. The Morgan fingerprint density at radius 1 is 1.37 bits per heavy atom. The van der Waals surface area contributed by atoms with Gasteiger partial charge in [0.1, 0.15) is 11.5 Å². The van der Waals surface area contributed by atoms with Crippen molar-refractivity contribution < 1.29 is 9.53 Å². The summed E-state index contributed by atoms with van der Waals surface area (Å²) in [6.45, 7) is 5.39. The first-order valence-corrected chi connectivity index (χ1v) is 9.02. The van der Waals surface area contributed by atoms with E-state index in [0.717, 1.165) is 40.9 Å². The number of nitrogens with zero attached hydrogens (tertiary/aromatic N) is 3. The molecular formula is C19H22N6O2. The fourth-order valence-corrected chi connectivity index (χ4v) is 3.32. The number of rotatable bonds is 4. The highest BCUT2D eigenvalue weighted by molar-refractivity contribution is 5.95. The molecule has 0 saturated carbocycles. The third-order valence-corrected chi connectivity index (χ3v) is 4.89. The first-order chi connectivity index (χ1) is 13.1. The van der Waals surface area contributed by atoms with Crippen molar-refractivity contribution in [1.82, 2.24) is 25.5 Å². The quantitative estimate of drug-likeness (QED) is 0.658. The topological polar surface area (TPSA) is 105 Å². The first-order valence-electron chi connectivity index (χ1n) is 9.02. The zero-order chi connectivity index (χ0) is 18.8. The van der Waals surface area contributed by atoms with Crippen molar-refractivity contribution in [3.8, 4) is 11.3 Å². The predicted octanol–water partition coefficient (Wildman–Crippen LogP) is 2.87. The van der Waals surface area contributed by atoms with Gasteiger partial charge in [-0.05, 0) is 32.4 Å². The SMILES string of the molecule is Cc1cc(-c2n[nH]c3cc(NC(=O)NC(C)C4CCOC4)ncc23)ccn1. The zero-order valence-electron chi connectivity index (χ0n) is 15.3. The monoisotopic (exact) mass is 366 g/mol. The van der Waals surface area contributed by atoms with Gasteiger partial charge >= 0.3 is 6.03 Å². The van der Waals surface area contributed by atoms with E-state index in [1.165, 1.54) is 0 Å². The van der Waals surface area contributed by atoms with E-state index in [2.05, 4.69) is 30.8 Å². The van der Waals surface area contributed by atoms with E-state index in [9.17, 15) is 4.79 Å². The number of hydrogen-bond donors (Lipinski definition) is 3. The third kappa shape index (κ3) is 3.75. The van der Waals surface area contributed by atoms with Crippen molar-refractivity contribution in [2.75, 3.05) is 18.5 Å². The standard InChI is InChI=1S/C19H22N6O2/c1-11-7-13(3-5-20-11)18-15-9-21-17(8-16(15)24-25-18)23-19(26)22-12(2)14-4-6-27-10-14/h3,5,7-9,12,14H,4,6,10H2,1-2H3,(H,24,25)(H2,21,22,23,26). The minimum atomic E-state index is -0.272. The van der Waals surface area contributed by atoms with Crippen molar-refractivity contribution >= 4 is 22.8 Å². The van der Waals surface area contributed by atoms with Gasteiger partial charge in [0.05, 0.1) is 12.1 Å². The summed E-state index contributed by atoms with van der Waals surface area (Å²) >= 11 is 0. The second-order valence-electron chi connectivity index (χ2n) is 6.88. The Labute approximate surface area is 156 Å². The van der Waals surface area contributed by atoms with E-state index >= 15 is 0 Å². The number of amides is 2. The number of fused-ring (bicyclic) bond motifs is 1. The molecule has 3 aromatic rings. The van der Waals surface area contributed by atoms with Crippen LogP contribution in [-0.4, -0.2) is 45.5 Å². The van der Waals surface area contributed by atoms with Crippen LogP contribution in [0, 0.1) is 12.8 Å². The second-order valence-corrected chi connectivity index (χ2v) is 6.88. The lowest BCUT2D eigenvalue weighted by Gasteiger charge is -2.19.